The molecular weight excluding hydrogens is 360 g/mol. The quantitative estimate of drug-likeness (QED) is 0.684. The van der Waals surface area contributed by atoms with Gasteiger partial charge in [-0.05, 0) is 56.7 Å². The molecule has 140 valence electrons. The molecule has 1 aliphatic rings. The number of esters is 1. The van der Waals surface area contributed by atoms with Crippen molar-refractivity contribution in [3.63, 3.8) is 0 Å². The number of aromatic amines is 1. The third-order valence-corrected chi connectivity index (χ3v) is 6.25. The minimum Gasteiger partial charge on any atom is -0.451 e. The lowest BCUT2D eigenvalue weighted by atomic mass is 9.89. The van der Waals surface area contributed by atoms with Crippen LogP contribution in [0.1, 0.15) is 58.6 Å². The lowest BCUT2D eigenvalue weighted by Gasteiger charge is -2.17. The van der Waals surface area contributed by atoms with E-state index in [1.54, 1.807) is 30.4 Å². The molecule has 0 aliphatic heterocycles. The Labute approximate surface area is 161 Å². The van der Waals surface area contributed by atoms with Gasteiger partial charge in [-0.3, -0.25) is 4.79 Å². The monoisotopic (exact) mass is 382 g/mol. The average molecular weight is 382 g/mol. The fourth-order valence-corrected chi connectivity index (χ4v) is 5.00. The highest BCUT2D eigenvalue weighted by Crippen LogP contribution is 2.36. The van der Waals surface area contributed by atoms with Crippen LogP contribution in [0.15, 0.2) is 29.1 Å². The number of carbonyl (C=O) groups is 1. The van der Waals surface area contributed by atoms with Crippen molar-refractivity contribution in [2.45, 2.75) is 46.1 Å². The average Bonchev–Trinajstić information content (AvgIpc) is 2.99. The Bertz CT molecular complexity index is 1080. The van der Waals surface area contributed by atoms with E-state index in [1.165, 1.54) is 4.88 Å². The first-order valence-corrected chi connectivity index (χ1v) is 10.1. The van der Waals surface area contributed by atoms with E-state index in [0.717, 1.165) is 35.2 Å². The summed E-state index contributed by atoms with van der Waals surface area (Å²) in [5, 5.41) is 0.711. The minimum atomic E-state index is -0.631. The van der Waals surface area contributed by atoms with Crippen molar-refractivity contribution in [2.75, 3.05) is 0 Å². The number of hydrogen-bond donors (Lipinski definition) is 1. The van der Waals surface area contributed by atoms with E-state index in [2.05, 4.69) is 16.9 Å². The normalized spacial score (nSPS) is 17.5. The Hall–Kier alpha value is -2.47. The summed E-state index contributed by atoms with van der Waals surface area (Å²) in [7, 11) is 0. The Morgan fingerprint density at radius 3 is 3.00 bits per heavy atom. The van der Waals surface area contributed by atoms with Gasteiger partial charge in [0.05, 0.1) is 10.9 Å². The lowest BCUT2D eigenvalue weighted by Crippen LogP contribution is -2.18. The van der Waals surface area contributed by atoms with E-state index in [9.17, 15) is 9.59 Å². The first-order chi connectivity index (χ1) is 12.9. The van der Waals surface area contributed by atoms with Crippen molar-refractivity contribution in [1.82, 2.24) is 9.97 Å². The summed E-state index contributed by atoms with van der Waals surface area (Å²) in [4.78, 5) is 34.5. The molecule has 0 fully saturated rings. The van der Waals surface area contributed by atoms with E-state index in [4.69, 9.17) is 4.74 Å². The van der Waals surface area contributed by atoms with Crippen LogP contribution in [0.3, 0.4) is 0 Å². The van der Waals surface area contributed by atoms with Crippen LogP contribution in [0.25, 0.3) is 10.2 Å². The number of carbonyl (C=O) groups excluding carboxylic acids is 1. The predicted octanol–water partition coefficient (Wildman–Crippen LogP) is 4.34. The van der Waals surface area contributed by atoms with Crippen LogP contribution in [-0.4, -0.2) is 15.9 Å². The predicted molar refractivity (Wildman–Crippen MR) is 106 cm³/mol. The first-order valence-electron chi connectivity index (χ1n) is 9.24. The van der Waals surface area contributed by atoms with Crippen molar-refractivity contribution in [1.29, 1.82) is 0 Å². The lowest BCUT2D eigenvalue weighted by molar-refractivity contribution is 0.0320. The summed E-state index contributed by atoms with van der Waals surface area (Å²) in [6, 6.07) is 7.24. The SMILES string of the molecule is Cc1cccc(C(=O)O[C@H](C)c2nc3sc4c(c3c(=O)[nH]2)CC[C@@H](C)C4)c1. The maximum Gasteiger partial charge on any atom is 0.338 e. The number of aromatic nitrogens is 2. The topological polar surface area (TPSA) is 72.0 Å². The van der Waals surface area contributed by atoms with Crippen LogP contribution in [0, 0.1) is 12.8 Å². The summed E-state index contributed by atoms with van der Waals surface area (Å²) in [5.41, 5.74) is 2.49. The van der Waals surface area contributed by atoms with Gasteiger partial charge in [0.2, 0.25) is 0 Å². The Morgan fingerprint density at radius 1 is 1.41 bits per heavy atom. The van der Waals surface area contributed by atoms with Crippen LogP contribution in [0.5, 0.6) is 0 Å². The number of ether oxygens (including phenoxy) is 1. The Morgan fingerprint density at radius 2 is 2.22 bits per heavy atom. The van der Waals surface area contributed by atoms with E-state index < -0.39 is 12.1 Å². The van der Waals surface area contributed by atoms with Gasteiger partial charge in [-0.1, -0.05) is 24.6 Å². The number of H-pyrrole nitrogens is 1. The molecule has 2 aromatic heterocycles. The molecule has 0 saturated carbocycles. The molecule has 4 rings (SSSR count). The molecular formula is C21H22N2O3S. The van der Waals surface area contributed by atoms with Crippen LogP contribution in [0.4, 0.5) is 0 Å². The van der Waals surface area contributed by atoms with Gasteiger partial charge in [0, 0.05) is 4.88 Å². The minimum absolute atomic E-state index is 0.138. The second-order valence-corrected chi connectivity index (χ2v) is 8.48. The molecule has 1 aliphatic carbocycles. The molecule has 0 saturated heterocycles. The molecule has 0 unspecified atom stereocenters. The second kappa shape index (κ2) is 6.93. The number of rotatable bonds is 3. The number of aryl methyl sites for hydroxylation is 2. The largest absolute Gasteiger partial charge is 0.451 e. The maximum atomic E-state index is 12.7. The standard InChI is InChI=1S/C21H22N2O3S/c1-11-5-4-6-14(9-11)21(25)26-13(3)18-22-19(24)17-15-8-7-12(2)10-16(15)27-20(17)23-18/h4-6,9,12-13H,7-8,10H2,1-3H3,(H,22,23,24)/t12-,13-/m1/s1. The number of fused-ring (bicyclic) bond motifs is 3. The zero-order valence-electron chi connectivity index (χ0n) is 15.7. The fraction of sp³-hybridized carbons (Fsp3) is 0.381. The number of benzene rings is 1. The van der Waals surface area contributed by atoms with Crippen LogP contribution in [0.2, 0.25) is 0 Å². The molecule has 1 aromatic carbocycles. The van der Waals surface area contributed by atoms with E-state index >= 15 is 0 Å². The zero-order chi connectivity index (χ0) is 19.1. The molecule has 2 heterocycles. The van der Waals surface area contributed by atoms with Gasteiger partial charge >= 0.3 is 5.97 Å². The zero-order valence-corrected chi connectivity index (χ0v) is 16.5. The maximum absolute atomic E-state index is 12.7. The summed E-state index contributed by atoms with van der Waals surface area (Å²) < 4.78 is 5.53. The van der Waals surface area contributed by atoms with Crippen LogP contribution in [-0.2, 0) is 17.6 Å². The summed E-state index contributed by atoms with van der Waals surface area (Å²) in [6.45, 7) is 5.89. The van der Waals surface area contributed by atoms with Crippen LogP contribution >= 0.6 is 11.3 Å². The molecule has 3 aromatic rings. The van der Waals surface area contributed by atoms with Gasteiger partial charge in [0.15, 0.2) is 11.9 Å². The number of nitrogens with zero attached hydrogens (tertiary/aromatic N) is 1. The number of nitrogens with one attached hydrogen (secondary N) is 1. The molecule has 0 spiro atoms. The molecule has 1 N–H and O–H groups in total. The van der Waals surface area contributed by atoms with Gasteiger partial charge in [-0.15, -0.1) is 11.3 Å². The summed E-state index contributed by atoms with van der Waals surface area (Å²) >= 11 is 1.59. The summed E-state index contributed by atoms with van der Waals surface area (Å²) in [5.74, 6) is 0.603. The second-order valence-electron chi connectivity index (χ2n) is 7.40. The van der Waals surface area contributed by atoms with Crippen LogP contribution < -0.4 is 5.56 Å². The Balaban J connectivity index is 1.64. The third kappa shape index (κ3) is 3.41. The van der Waals surface area contributed by atoms with Gasteiger partial charge in [-0.25, -0.2) is 9.78 Å². The fourth-order valence-electron chi connectivity index (χ4n) is 3.61. The molecule has 2 atom stereocenters. The number of hydrogen-bond acceptors (Lipinski definition) is 5. The first kappa shape index (κ1) is 17.9. The van der Waals surface area contributed by atoms with Crippen molar-refractivity contribution in [3.05, 3.63) is 62.0 Å². The van der Waals surface area contributed by atoms with Crippen molar-refractivity contribution < 1.29 is 9.53 Å². The molecule has 5 nitrogen and oxygen atoms in total. The highest BCUT2D eigenvalue weighted by Gasteiger charge is 2.24. The van der Waals surface area contributed by atoms with Crippen molar-refractivity contribution >= 4 is 27.5 Å². The molecule has 0 bridgehead atoms. The highest BCUT2D eigenvalue weighted by atomic mass is 32.1. The molecule has 0 amide bonds. The highest BCUT2D eigenvalue weighted by molar-refractivity contribution is 7.18. The van der Waals surface area contributed by atoms with E-state index in [-0.39, 0.29) is 5.56 Å². The van der Waals surface area contributed by atoms with Gasteiger partial charge in [-0.2, -0.15) is 0 Å². The third-order valence-electron chi connectivity index (χ3n) is 5.11. The van der Waals surface area contributed by atoms with Gasteiger partial charge in [0.25, 0.3) is 5.56 Å². The smallest absolute Gasteiger partial charge is 0.338 e. The van der Waals surface area contributed by atoms with Crippen molar-refractivity contribution in [3.8, 4) is 0 Å². The van der Waals surface area contributed by atoms with Gasteiger partial charge < -0.3 is 9.72 Å². The molecule has 27 heavy (non-hydrogen) atoms. The van der Waals surface area contributed by atoms with Gasteiger partial charge in [0.1, 0.15) is 4.83 Å². The van der Waals surface area contributed by atoms with E-state index in [1.807, 2.05) is 19.1 Å². The van der Waals surface area contributed by atoms with E-state index in [0.29, 0.717) is 22.7 Å². The molecule has 0 radical (unpaired) electrons. The molecule has 6 heteroatoms. The Kier molecular flexibility index (Phi) is 4.60. The summed E-state index contributed by atoms with van der Waals surface area (Å²) in [6.07, 6.45) is 2.40. The van der Waals surface area contributed by atoms with Crippen molar-refractivity contribution in [2.24, 2.45) is 5.92 Å². The number of thiophene rings is 1.